The van der Waals surface area contributed by atoms with E-state index in [2.05, 4.69) is 31.6 Å². The number of hydrazone groups is 1. The van der Waals surface area contributed by atoms with E-state index < -0.39 is 11.5 Å². The first kappa shape index (κ1) is 21.4. The predicted octanol–water partition coefficient (Wildman–Crippen LogP) is 3.90. The third-order valence-corrected chi connectivity index (χ3v) is 5.19. The first-order chi connectivity index (χ1) is 14.3. The summed E-state index contributed by atoms with van der Waals surface area (Å²) in [6.45, 7) is 3.31. The standard InChI is InChI=1S/C21H15BrClN5O2/c1-12-6-7-16(9-18(12)23)28-21(30)17(10-24)13(2)19(27-28)20(29)26-25-11-14-4-3-5-15(22)8-14/h3-9,11H,1-2H3,(H,26,29). The lowest BCUT2D eigenvalue weighted by Crippen LogP contribution is -2.31. The van der Waals surface area contributed by atoms with E-state index in [1.807, 2.05) is 37.3 Å². The van der Waals surface area contributed by atoms with E-state index in [9.17, 15) is 14.9 Å². The molecule has 7 nitrogen and oxygen atoms in total. The quantitative estimate of drug-likeness (QED) is 0.448. The predicted molar refractivity (Wildman–Crippen MR) is 118 cm³/mol. The van der Waals surface area contributed by atoms with Crippen LogP contribution in [0, 0.1) is 25.2 Å². The average Bonchev–Trinajstić information content (AvgIpc) is 2.71. The number of amides is 1. The zero-order valence-corrected chi connectivity index (χ0v) is 18.3. The minimum atomic E-state index is -0.651. The van der Waals surface area contributed by atoms with E-state index in [0.29, 0.717) is 10.7 Å². The van der Waals surface area contributed by atoms with Gasteiger partial charge in [0.2, 0.25) is 0 Å². The molecule has 1 amide bonds. The largest absolute Gasteiger partial charge is 0.292 e. The minimum absolute atomic E-state index is 0.0887. The Balaban J connectivity index is 1.99. The number of nitrogens with one attached hydrogen (secondary N) is 1. The second-order valence-electron chi connectivity index (χ2n) is 6.36. The fourth-order valence-electron chi connectivity index (χ4n) is 2.65. The molecule has 0 aliphatic carbocycles. The number of carbonyl (C=O) groups excluding carboxylic acids is 1. The number of aryl methyl sites for hydroxylation is 1. The van der Waals surface area contributed by atoms with Crippen LogP contribution in [0.25, 0.3) is 5.69 Å². The van der Waals surface area contributed by atoms with Crippen molar-refractivity contribution in [2.45, 2.75) is 13.8 Å². The van der Waals surface area contributed by atoms with Crippen molar-refractivity contribution in [2.24, 2.45) is 5.10 Å². The van der Waals surface area contributed by atoms with Crippen molar-refractivity contribution in [3.63, 3.8) is 0 Å². The van der Waals surface area contributed by atoms with Gasteiger partial charge in [-0.3, -0.25) is 9.59 Å². The second-order valence-corrected chi connectivity index (χ2v) is 7.69. The number of aromatic nitrogens is 2. The van der Waals surface area contributed by atoms with E-state index in [1.54, 1.807) is 18.2 Å². The molecular formula is C21H15BrClN5O2. The van der Waals surface area contributed by atoms with Crippen LogP contribution >= 0.6 is 27.5 Å². The fourth-order valence-corrected chi connectivity index (χ4v) is 3.24. The van der Waals surface area contributed by atoms with Crippen molar-refractivity contribution >= 4 is 39.7 Å². The molecule has 2 aromatic carbocycles. The van der Waals surface area contributed by atoms with Crippen LogP contribution < -0.4 is 11.0 Å². The van der Waals surface area contributed by atoms with Crippen LogP contribution in [-0.2, 0) is 0 Å². The molecule has 0 fully saturated rings. The Morgan fingerprint density at radius 3 is 2.73 bits per heavy atom. The highest BCUT2D eigenvalue weighted by Gasteiger charge is 2.20. The van der Waals surface area contributed by atoms with Gasteiger partial charge in [-0.25, -0.2) is 5.43 Å². The summed E-state index contributed by atoms with van der Waals surface area (Å²) in [5.41, 5.74) is 3.59. The Morgan fingerprint density at radius 2 is 2.07 bits per heavy atom. The number of hydrogen-bond acceptors (Lipinski definition) is 5. The zero-order chi connectivity index (χ0) is 21.8. The summed E-state index contributed by atoms with van der Waals surface area (Å²) >= 11 is 9.51. The van der Waals surface area contributed by atoms with E-state index >= 15 is 0 Å². The van der Waals surface area contributed by atoms with Crippen molar-refractivity contribution in [3.8, 4) is 11.8 Å². The van der Waals surface area contributed by atoms with Crippen LogP contribution in [0.15, 0.2) is 56.8 Å². The molecule has 3 aromatic rings. The summed E-state index contributed by atoms with van der Waals surface area (Å²) in [6.07, 6.45) is 1.47. The second kappa shape index (κ2) is 9.03. The van der Waals surface area contributed by atoms with Gasteiger partial charge in [0.1, 0.15) is 11.6 Å². The van der Waals surface area contributed by atoms with E-state index in [4.69, 9.17) is 11.6 Å². The normalized spacial score (nSPS) is 10.8. The van der Waals surface area contributed by atoms with Crippen LogP contribution in [0.3, 0.4) is 0 Å². The third-order valence-electron chi connectivity index (χ3n) is 4.29. The SMILES string of the molecule is Cc1ccc(-n2nc(C(=O)NN=Cc3cccc(Br)c3)c(C)c(C#N)c2=O)cc1Cl. The summed E-state index contributed by atoms with van der Waals surface area (Å²) in [7, 11) is 0. The molecular weight excluding hydrogens is 470 g/mol. The van der Waals surface area contributed by atoms with Crippen molar-refractivity contribution < 1.29 is 4.79 Å². The molecule has 0 aliphatic heterocycles. The van der Waals surface area contributed by atoms with Crippen LogP contribution in [-0.4, -0.2) is 21.9 Å². The monoisotopic (exact) mass is 483 g/mol. The topological polar surface area (TPSA) is 100 Å². The molecule has 0 radical (unpaired) electrons. The third kappa shape index (κ3) is 4.48. The first-order valence-electron chi connectivity index (χ1n) is 8.71. The van der Waals surface area contributed by atoms with E-state index in [-0.39, 0.29) is 16.8 Å². The lowest BCUT2D eigenvalue weighted by atomic mass is 10.1. The van der Waals surface area contributed by atoms with Crippen LogP contribution in [0.2, 0.25) is 5.02 Å². The molecule has 0 atom stereocenters. The highest BCUT2D eigenvalue weighted by Crippen LogP contribution is 2.19. The summed E-state index contributed by atoms with van der Waals surface area (Å²) in [4.78, 5) is 25.4. The summed E-state index contributed by atoms with van der Waals surface area (Å²) in [6, 6.07) is 14.1. The van der Waals surface area contributed by atoms with Crippen molar-refractivity contribution in [3.05, 3.63) is 90.3 Å². The maximum absolute atomic E-state index is 12.7. The number of nitrogens with zero attached hydrogens (tertiary/aromatic N) is 4. The molecule has 0 saturated heterocycles. The lowest BCUT2D eigenvalue weighted by Gasteiger charge is -2.11. The van der Waals surface area contributed by atoms with Gasteiger partial charge in [0.15, 0.2) is 5.69 Å². The van der Waals surface area contributed by atoms with Gasteiger partial charge in [0.25, 0.3) is 11.5 Å². The molecule has 3 rings (SSSR count). The maximum atomic E-state index is 12.7. The smallest absolute Gasteiger partial charge is 0.266 e. The van der Waals surface area contributed by atoms with Crippen molar-refractivity contribution in [1.82, 2.24) is 15.2 Å². The summed E-state index contributed by atoms with van der Waals surface area (Å²) in [5, 5.41) is 18.0. The fraction of sp³-hybridized carbons (Fsp3) is 0.0952. The van der Waals surface area contributed by atoms with E-state index in [1.165, 1.54) is 13.1 Å². The molecule has 0 unspecified atom stereocenters. The van der Waals surface area contributed by atoms with Crippen LogP contribution in [0.1, 0.15) is 32.7 Å². The molecule has 1 aromatic heterocycles. The van der Waals surface area contributed by atoms with Gasteiger partial charge in [-0.1, -0.05) is 45.7 Å². The highest BCUT2D eigenvalue weighted by molar-refractivity contribution is 9.10. The zero-order valence-electron chi connectivity index (χ0n) is 16.0. The van der Waals surface area contributed by atoms with Crippen molar-refractivity contribution in [2.75, 3.05) is 0 Å². The Morgan fingerprint density at radius 1 is 1.30 bits per heavy atom. The molecule has 1 N–H and O–H groups in total. The Labute approximate surface area is 185 Å². The average molecular weight is 485 g/mol. The Hall–Kier alpha value is -3.28. The number of nitriles is 1. The maximum Gasteiger partial charge on any atom is 0.292 e. The molecule has 150 valence electrons. The van der Waals surface area contributed by atoms with Crippen molar-refractivity contribution in [1.29, 1.82) is 5.26 Å². The highest BCUT2D eigenvalue weighted by atomic mass is 79.9. The van der Waals surface area contributed by atoms with Gasteiger partial charge in [0.05, 0.1) is 11.9 Å². The molecule has 9 heteroatoms. The van der Waals surface area contributed by atoms with Gasteiger partial charge in [-0.05, 0) is 49.2 Å². The number of halogens is 2. The van der Waals surface area contributed by atoms with Gasteiger partial charge in [0, 0.05) is 15.1 Å². The molecule has 30 heavy (non-hydrogen) atoms. The molecule has 0 saturated carbocycles. The van der Waals surface area contributed by atoms with Gasteiger partial charge in [-0.2, -0.15) is 20.1 Å². The number of benzene rings is 2. The summed E-state index contributed by atoms with van der Waals surface area (Å²) in [5.74, 6) is -0.651. The minimum Gasteiger partial charge on any atom is -0.266 e. The lowest BCUT2D eigenvalue weighted by molar-refractivity contribution is 0.0947. The van der Waals surface area contributed by atoms with Gasteiger partial charge >= 0.3 is 0 Å². The van der Waals surface area contributed by atoms with E-state index in [0.717, 1.165) is 20.3 Å². The molecule has 0 aliphatic rings. The molecule has 0 spiro atoms. The van der Waals surface area contributed by atoms with Crippen LogP contribution in [0.5, 0.6) is 0 Å². The van der Waals surface area contributed by atoms with Gasteiger partial charge in [-0.15, -0.1) is 0 Å². The molecule has 1 heterocycles. The first-order valence-corrected chi connectivity index (χ1v) is 9.88. The number of rotatable bonds is 4. The van der Waals surface area contributed by atoms with Crippen LogP contribution in [0.4, 0.5) is 0 Å². The molecule has 0 bridgehead atoms. The summed E-state index contributed by atoms with van der Waals surface area (Å²) < 4.78 is 1.86. The Bertz CT molecular complexity index is 1280. The Kier molecular flexibility index (Phi) is 6.45. The number of carbonyl (C=O) groups is 1. The number of hydrogen-bond donors (Lipinski definition) is 1. The van der Waals surface area contributed by atoms with Gasteiger partial charge < -0.3 is 0 Å².